The molecule has 0 spiro atoms. The first kappa shape index (κ1) is 10.7. The molecular weight excluding hydrogens is 210 g/mol. The summed E-state index contributed by atoms with van der Waals surface area (Å²) < 4.78 is 0. The summed E-state index contributed by atoms with van der Waals surface area (Å²) in [6, 6.07) is 2.43. The van der Waals surface area contributed by atoms with E-state index in [4.69, 9.17) is 11.6 Å². The number of hydrogen-bond acceptors (Lipinski definition) is 3. The van der Waals surface area contributed by atoms with Crippen LogP contribution in [0.4, 0.5) is 5.82 Å². The molecule has 1 fully saturated rings. The lowest BCUT2D eigenvalue weighted by Crippen LogP contribution is -2.27. The van der Waals surface area contributed by atoms with Crippen molar-refractivity contribution in [1.82, 2.24) is 9.97 Å². The van der Waals surface area contributed by atoms with Crippen LogP contribution < -0.4 is 4.90 Å². The van der Waals surface area contributed by atoms with Gasteiger partial charge in [0, 0.05) is 25.1 Å². The van der Waals surface area contributed by atoms with Gasteiger partial charge in [-0.2, -0.15) is 0 Å². The minimum Gasteiger partial charge on any atom is -0.354 e. The highest BCUT2D eigenvalue weighted by atomic mass is 35.5. The quantitative estimate of drug-likeness (QED) is 0.725. The SMILES string of the molecule is CCc1nc(Cl)cc(N2CCCC2C)n1. The molecule has 0 radical (unpaired) electrons. The van der Waals surface area contributed by atoms with E-state index >= 15 is 0 Å². The van der Waals surface area contributed by atoms with Crippen LogP contribution in [0, 0.1) is 0 Å². The van der Waals surface area contributed by atoms with Crippen LogP contribution in [0.15, 0.2) is 6.07 Å². The van der Waals surface area contributed by atoms with E-state index < -0.39 is 0 Å². The van der Waals surface area contributed by atoms with Crippen LogP contribution in [0.5, 0.6) is 0 Å². The summed E-state index contributed by atoms with van der Waals surface area (Å²) in [5.41, 5.74) is 0. The number of halogens is 1. The van der Waals surface area contributed by atoms with Gasteiger partial charge in [0.15, 0.2) is 0 Å². The van der Waals surface area contributed by atoms with E-state index in [1.165, 1.54) is 12.8 Å². The maximum Gasteiger partial charge on any atom is 0.134 e. The van der Waals surface area contributed by atoms with Crippen LogP contribution >= 0.6 is 11.6 Å². The molecule has 0 N–H and O–H groups in total. The summed E-state index contributed by atoms with van der Waals surface area (Å²) in [5.74, 6) is 1.81. The molecule has 0 amide bonds. The Morgan fingerprint density at radius 3 is 2.93 bits per heavy atom. The lowest BCUT2D eigenvalue weighted by molar-refractivity contribution is 0.722. The zero-order valence-corrected chi connectivity index (χ0v) is 9.96. The summed E-state index contributed by atoms with van der Waals surface area (Å²) in [5, 5.41) is 0.552. The standard InChI is InChI=1S/C11H16ClN3/c1-3-10-13-9(12)7-11(14-10)15-6-4-5-8(15)2/h7-8H,3-6H2,1-2H3. The fourth-order valence-electron chi connectivity index (χ4n) is 2.03. The van der Waals surface area contributed by atoms with Crippen molar-refractivity contribution in [2.24, 2.45) is 0 Å². The summed E-state index contributed by atoms with van der Waals surface area (Å²) in [4.78, 5) is 11.0. The topological polar surface area (TPSA) is 29.0 Å². The van der Waals surface area contributed by atoms with E-state index in [1.807, 2.05) is 13.0 Å². The minimum absolute atomic E-state index is 0.552. The second-order valence-corrected chi connectivity index (χ2v) is 4.39. The van der Waals surface area contributed by atoms with Crippen molar-refractivity contribution < 1.29 is 0 Å². The predicted octanol–water partition coefficient (Wildman–Crippen LogP) is 2.68. The molecule has 1 aromatic heterocycles. The number of aromatic nitrogens is 2. The van der Waals surface area contributed by atoms with Gasteiger partial charge in [-0.3, -0.25) is 0 Å². The van der Waals surface area contributed by atoms with Crippen LogP contribution in [0.3, 0.4) is 0 Å². The Kier molecular flexibility index (Phi) is 3.10. The third-order valence-corrected chi connectivity index (χ3v) is 3.08. The van der Waals surface area contributed by atoms with Gasteiger partial charge in [0.1, 0.15) is 16.8 Å². The van der Waals surface area contributed by atoms with Gasteiger partial charge < -0.3 is 4.90 Å². The van der Waals surface area contributed by atoms with Gasteiger partial charge in [0.2, 0.25) is 0 Å². The van der Waals surface area contributed by atoms with E-state index in [0.717, 1.165) is 24.6 Å². The van der Waals surface area contributed by atoms with Gasteiger partial charge in [0.25, 0.3) is 0 Å². The first-order valence-electron chi connectivity index (χ1n) is 5.51. The van der Waals surface area contributed by atoms with Crippen molar-refractivity contribution in [2.45, 2.75) is 39.2 Å². The average molecular weight is 226 g/mol. The predicted molar refractivity (Wildman–Crippen MR) is 62.5 cm³/mol. The van der Waals surface area contributed by atoms with Crippen molar-refractivity contribution >= 4 is 17.4 Å². The molecule has 0 aliphatic carbocycles. The molecule has 1 aliphatic rings. The van der Waals surface area contributed by atoms with Gasteiger partial charge >= 0.3 is 0 Å². The van der Waals surface area contributed by atoms with E-state index in [9.17, 15) is 0 Å². The van der Waals surface area contributed by atoms with Gasteiger partial charge in [0.05, 0.1) is 0 Å². The number of nitrogens with zero attached hydrogens (tertiary/aromatic N) is 3. The second kappa shape index (κ2) is 4.35. The minimum atomic E-state index is 0.552. The van der Waals surface area contributed by atoms with Crippen molar-refractivity contribution in [3.8, 4) is 0 Å². The molecule has 4 heteroatoms. The van der Waals surface area contributed by atoms with Crippen molar-refractivity contribution in [1.29, 1.82) is 0 Å². The third kappa shape index (κ3) is 2.23. The molecule has 1 saturated heterocycles. The highest BCUT2D eigenvalue weighted by Crippen LogP contribution is 2.25. The molecule has 1 aromatic rings. The van der Waals surface area contributed by atoms with Crippen LogP contribution in [-0.2, 0) is 6.42 Å². The Labute approximate surface area is 95.5 Å². The van der Waals surface area contributed by atoms with Crippen molar-refractivity contribution in [3.63, 3.8) is 0 Å². The Bertz CT molecular complexity index is 354. The Morgan fingerprint density at radius 2 is 2.33 bits per heavy atom. The van der Waals surface area contributed by atoms with Gasteiger partial charge in [-0.05, 0) is 19.8 Å². The lowest BCUT2D eigenvalue weighted by atomic mass is 10.2. The largest absolute Gasteiger partial charge is 0.354 e. The third-order valence-electron chi connectivity index (χ3n) is 2.89. The van der Waals surface area contributed by atoms with Gasteiger partial charge in [-0.25, -0.2) is 9.97 Å². The summed E-state index contributed by atoms with van der Waals surface area (Å²) in [7, 11) is 0. The Balaban J connectivity index is 2.30. The number of aryl methyl sites for hydroxylation is 1. The number of hydrogen-bond donors (Lipinski definition) is 0. The normalized spacial score (nSPS) is 21.0. The molecule has 0 bridgehead atoms. The summed E-state index contributed by atoms with van der Waals surface area (Å²) in [6.45, 7) is 5.36. The molecule has 2 rings (SSSR count). The van der Waals surface area contributed by atoms with Gasteiger partial charge in [-0.1, -0.05) is 18.5 Å². The average Bonchev–Trinajstić information content (AvgIpc) is 2.63. The maximum atomic E-state index is 5.98. The van der Waals surface area contributed by atoms with Crippen LogP contribution in [0.1, 0.15) is 32.5 Å². The first-order valence-corrected chi connectivity index (χ1v) is 5.88. The highest BCUT2D eigenvalue weighted by molar-refractivity contribution is 6.29. The van der Waals surface area contributed by atoms with E-state index in [2.05, 4.69) is 21.8 Å². The smallest absolute Gasteiger partial charge is 0.134 e. The van der Waals surface area contributed by atoms with E-state index in [-0.39, 0.29) is 0 Å². The molecule has 1 atom stereocenters. The monoisotopic (exact) mass is 225 g/mol. The number of rotatable bonds is 2. The summed E-state index contributed by atoms with van der Waals surface area (Å²) >= 11 is 5.98. The zero-order valence-electron chi connectivity index (χ0n) is 9.20. The van der Waals surface area contributed by atoms with Gasteiger partial charge in [-0.15, -0.1) is 0 Å². The maximum absolute atomic E-state index is 5.98. The highest BCUT2D eigenvalue weighted by Gasteiger charge is 2.22. The molecule has 1 unspecified atom stereocenters. The number of anilines is 1. The van der Waals surface area contributed by atoms with Crippen LogP contribution in [0.2, 0.25) is 5.15 Å². The molecule has 1 aliphatic heterocycles. The molecule has 3 nitrogen and oxygen atoms in total. The molecule has 15 heavy (non-hydrogen) atoms. The zero-order chi connectivity index (χ0) is 10.8. The molecule has 0 aromatic carbocycles. The van der Waals surface area contributed by atoms with Crippen molar-refractivity contribution in [3.05, 3.63) is 17.0 Å². The molecule has 82 valence electrons. The fraction of sp³-hybridized carbons (Fsp3) is 0.636. The first-order chi connectivity index (χ1) is 7.20. The van der Waals surface area contributed by atoms with Crippen LogP contribution in [-0.4, -0.2) is 22.6 Å². The second-order valence-electron chi connectivity index (χ2n) is 4.00. The molecule has 2 heterocycles. The van der Waals surface area contributed by atoms with Crippen LogP contribution in [0.25, 0.3) is 0 Å². The fourth-order valence-corrected chi connectivity index (χ4v) is 2.23. The Morgan fingerprint density at radius 1 is 1.53 bits per heavy atom. The molecular formula is C11H16ClN3. The Hall–Kier alpha value is -0.830. The van der Waals surface area contributed by atoms with E-state index in [0.29, 0.717) is 11.2 Å². The lowest BCUT2D eigenvalue weighted by Gasteiger charge is -2.22. The van der Waals surface area contributed by atoms with E-state index in [1.54, 1.807) is 0 Å². The van der Waals surface area contributed by atoms with Crippen molar-refractivity contribution in [2.75, 3.05) is 11.4 Å². The molecule has 0 saturated carbocycles. The summed E-state index contributed by atoms with van der Waals surface area (Å²) in [6.07, 6.45) is 3.31.